The number of aromatic nitrogens is 2. The first-order chi connectivity index (χ1) is 13.1. The number of fused-ring (bicyclic) bond motifs is 1. The Hall–Kier alpha value is -1.77. The number of hydrogen-bond donors (Lipinski definition) is 0. The van der Waals surface area contributed by atoms with Crippen molar-refractivity contribution < 1.29 is 14.3 Å². The lowest BCUT2D eigenvalue weighted by atomic mass is 10.1. The van der Waals surface area contributed by atoms with E-state index in [1.165, 1.54) is 24.9 Å². The molecule has 0 amide bonds. The largest absolute Gasteiger partial charge is 0.465 e. The number of piperazine rings is 1. The van der Waals surface area contributed by atoms with Crippen molar-refractivity contribution in [3.63, 3.8) is 0 Å². The van der Waals surface area contributed by atoms with Gasteiger partial charge in [0.2, 0.25) is 0 Å². The Labute approximate surface area is 163 Å². The van der Waals surface area contributed by atoms with Crippen molar-refractivity contribution >= 4 is 33.3 Å². The van der Waals surface area contributed by atoms with Gasteiger partial charge in [-0.25, -0.2) is 14.8 Å². The molecule has 0 spiro atoms. The molecule has 4 heterocycles. The number of thiophene rings is 1. The monoisotopic (exact) mass is 390 g/mol. The third-order valence-corrected chi connectivity index (χ3v) is 6.63. The normalized spacial score (nSPS) is 21.1. The van der Waals surface area contributed by atoms with Crippen molar-refractivity contribution in [1.29, 1.82) is 0 Å². The Morgan fingerprint density at radius 2 is 2.04 bits per heavy atom. The molecule has 0 radical (unpaired) electrons. The Bertz CT molecular complexity index is 839. The lowest BCUT2D eigenvalue weighted by Crippen LogP contribution is -2.48. The summed E-state index contributed by atoms with van der Waals surface area (Å²) < 4.78 is 10.4. The molecule has 1 unspecified atom stereocenters. The van der Waals surface area contributed by atoms with E-state index in [1.54, 1.807) is 0 Å². The van der Waals surface area contributed by atoms with Crippen molar-refractivity contribution in [3.8, 4) is 0 Å². The van der Waals surface area contributed by atoms with Crippen molar-refractivity contribution in [2.75, 3.05) is 57.9 Å². The van der Waals surface area contributed by atoms with Gasteiger partial charge in [-0.2, -0.15) is 0 Å². The van der Waals surface area contributed by atoms with Crippen LogP contribution in [0.3, 0.4) is 0 Å². The average Bonchev–Trinajstić information content (AvgIpc) is 3.29. The van der Waals surface area contributed by atoms with Gasteiger partial charge < -0.3 is 14.4 Å². The Morgan fingerprint density at radius 3 is 2.70 bits per heavy atom. The van der Waals surface area contributed by atoms with Crippen LogP contribution in [0, 0.1) is 19.8 Å². The SMILES string of the molecule is COC(=O)c1sc2nc(C)nc(N3CCN(CC4CCOC4)CC3)c2c1C. The highest BCUT2D eigenvalue weighted by atomic mass is 32.1. The summed E-state index contributed by atoms with van der Waals surface area (Å²) >= 11 is 1.39. The average molecular weight is 391 g/mol. The molecular formula is C19H26N4O3S. The topological polar surface area (TPSA) is 67.8 Å². The summed E-state index contributed by atoms with van der Waals surface area (Å²) in [4.78, 5) is 27.7. The maximum absolute atomic E-state index is 12.1. The summed E-state index contributed by atoms with van der Waals surface area (Å²) in [7, 11) is 1.42. The third-order valence-electron chi connectivity index (χ3n) is 5.47. The van der Waals surface area contributed by atoms with Crippen LogP contribution in [0.2, 0.25) is 0 Å². The van der Waals surface area contributed by atoms with E-state index in [0.717, 1.165) is 73.4 Å². The molecule has 27 heavy (non-hydrogen) atoms. The van der Waals surface area contributed by atoms with Gasteiger partial charge >= 0.3 is 5.97 Å². The van der Waals surface area contributed by atoms with Gasteiger partial charge in [-0.05, 0) is 31.7 Å². The second-order valence-corrected chi connectivity index (χ2v) is 8.34. The van der Waals surface area contributed by atoms with E-state index >= 15 is 0 Å². The maximum atomic E-state index is 12.1. The van der Waals surface area contributed by atoms with Crippen LogP contribution in [0.25, 0.3) is 10.2 Å². The summed E-state index contributed by atoms with van der Waals surface area (Å²) in [5, 5.41) is 0.989. The smallest absolute Gasteiger partial charge is 0.348 e. The van der Waals surface area contributed by atoms with Gasteiger partial charge in [0.1, 0.15) is 21.3 Å². The van der Waals surface area contributed by atoms with Crippen LogP contribution in [0.4, 0.5) is 5.82 Å². The molecule has 0 saturated carbocycles. The molecule has 7 nitrogen and oxygen atoms in total. The van der Waals surface area contributed by atoms with Gasteiger partial charge in [0.05, 0.1) is 19.1 Å². The minimum Gasteiger partial charge on any atom is -0.465 e. The molecule has 2 aliphatic rings. The van der Waals surface area contributed by atoms with Crippen LogP contribution >= 0.6 is 11.3 Å². The first kappa shape index (κ1) is 18.6. The van der Waals surface area contributed by atoms with Gasteiger partial charge in [-0.1, -0.05) is 0 Å². The zero-order valence-electron chi connectivity index (χ0n) is 16.2. The lowest BCUT2D eigenvalue weighted by molar-refractivity contribution is 0.0605. The summed E-state index contributed by atoms with van der Waals surface area (Å²) in [6.45, 7) is 10.7. The summed E-state index contributed by atoms with van der Waals surface area (Å²) in [6, 6.07) is 0. The molecule has 2 saturated heterocycles. The van der Waals surface area contributed by atoms with Gasteiger partial charge in [-0.3, -0.25) is 4.90 Å². The zero-order chi connectivity index (χ0) is 19.0. The number of carbonyl (C=O) groups is 1. The minimum absolute atomic E-state index is 0.303. The number of aryl methyl sites for hydroxylation is 2. The van der Waals surface area contributed by atoms with E-state index in [9.17, 15) is 4.79 Å². The first-order valence-electron chi connectivity index (χ1n) is 9.48. The molecule has 1 atom stereocenters. The molecule has 2 aliphatic heterocycles. The van der Waals surface area contributed by atoms with Crippen LogP contribution in [0.15, 0.2) is 0 Å². The van der Waals surface area contributed by atoms with Crippen LogP contribution in [-0.4, -0.2) is 73.9 Å². The van der Waals surface area contributed by atoms with Crippen molar-refractivity contribution in [3.05, 3.63) is 16.3 Å². The van der Waals surface area contributed by atoms with Crippen molar-refractivity contribution in [2.24, 2.45) is 5.92 Å². The molecule has 0 aromatic carbocycles. The molecule has 2 aromatic rings. The molecule has 2 fully saturated rings. The second kappa shape index (κ2) is 7.69. The highest BCUT2D eigenvalue weighted by Gasteiger charge is 2.27. The Balaban J connectivity index is 1.56. The molecule has 0 N–H and O–H groups in total. The third kappa shape index (κ3) is 3.66. The van der Waals surface area contributed by atoms with E-state index < -0.39 is 0 Å². The van der Waals surface area contributed by atoms with E-state index in [0.29, 0.717) is 10.8 Å². The maximum Gasteiger partial charge on any atom is 0.348 e. The number of ether oxygens (including phenoxy) is 2. The van der Waals surface area contributed by atoms with Crippen molar-refractivity contribution in [2.45, 2.75) is 20.3 Å². The fourth-order valence-electron chi connectivity index (χ4n) is 3.97. The summed E-state index contributed by atoms with van der Waals surface area (Å²) in [5.41, 5.74) is 0.919. The fourth-order valence-corrected chi connectivity index (χ4v) is 5.11. The molecule has 0 aliphatic carbocycles. The van der Waals surface area contributed by atoms with Crippen LogP contribution in [0.5, 0.6) is 0 Å². The van der Waals surface area contributed by atoms with Gasteiger partial charge in [0.15, 0.2) is 0 Å². The summed E-state index contributed by atoms with van der Waals surface area (Å²) in [5.74, 6) is 2.06. The lowest BCUT2D eigenvalue weighted by Gasteiger charge is -2.36. The standard InChI is InChI=1S/C19H26N4O3S/c1-12-15-17(20-13(2)21-18(15)27-16(12)19(24)25-3)23-7-5-22(6-8-23)10-14-4-9-26-11-14/h14H,4-11H2,1-3H3. The Morgan fingerprint density at radius 1 is 1.26 bits per heavy atom. The van der Waals surface area contributed by atoms with Crippen LogP contribution < -0.4 is 4.90 Å². The van der Waals surface area contributed by atoms with E-state index in [4.69, 9.17) is 14.5 Å². The molecule has 4 rings (SSSR count). The molecule has 146 valence electrons. The zero-order valence-corrected chi connectivity index (χ0v) is 17.0. The molecule has 2 aromatic heterocycles. The number of esters is 1. The quantitative estimate of drug-likeness (QED) is 0.742. The highest BCUT2D eigenvalue weighted by molar-refractivity contribution is 7.20. The predicted molar refractivity (Wildman–Crippen MR) is 106 cm³/mol. The Kier molecular flexibility index (Phi) is 5.29. The second-order valence-electron chi connectivity index (χ2n) is 7.34. The van der Waals surface area contributed by atoms with Crippen molar-refractivity contribution in [1.82, 2.24) is 14.9 Å². The highest BCUT2D eigenvalue weighted by Crippen LogP contribution is 2.36. The van der Waals surface area contributed by atoms with Gasteiger partial charge in [0, 0.05) is 39.3 Å². The van der Waals surface area contributed by atoms with Gasteiger partial charge in [-0.15, -0.1) is 11.3 Å². The van der Waals surface area contributed by atoms with E-state index in [-0.39, 0.29) is 5.97 Å². The van der Waals surface area contributed by atoms with E-state index in [1.807, 2.05) is 13.8 Å². The summed E-state index contributed by atoms with van der Waals surface area (Å²) in [6.07, 6.45) is 1.18. The van der Waals surface area contributed by atoms with Crippen LogP contribution in [0.1, 0.15) is 27.5 Å². The number of nitrogens with zero attached hydrogens (tertiary/aromatic N) is 4. The number of anilines is 1. The predicted octanol–water partition coefficient (Wildman–Crippen LogP) is 2.25. The van der Waals surface area contributed by atoms with Crippen LogP contribution in [-0.2, 0) is 9.47 Å². The minimum atomic E-state index is -0.303. The number of carbonyl (C=O) groups excluding carboxylic acids is 1. The van der Waals surface area contributed by atoms with E-state index in [2.05, 4.69) is 14.8 Å². The number of methoxy groups -OCH3 is 1. The molecule has 0 bridgehead atoms. The number of rotatable bonds is 4. The number of hydrogen-bond acceptors (Lipinski definition) is 8. The first-order valence-corrected chi connectivity index (χ1v) is 10.3. The molecular weight excluding hydrogens is 364 g/mol. The molecule has 8 heteroatoms. The fraction of sp³-hybridized carbons (Fsp3) is 0.632. The van der Waals surface area contributed by atoms with Gasteiger partial charge in [0.25, 0.3) is 0 Å².